The quantitative estimate of drug-likeness (QED) is 0.553. The van der Waals surface area contributed by atoms with Gasteiger partial charge in [0.25, 0.3) is 5.91 Å². The largest absolute Gasteiger partial charge is 0.351 e. The van der Waals surface area contributed by atoms with E-state index < -0.39 is 0 Å². The van der Waals surface area contributed by atoms with Crippen molar-refractivity contribution in [2.24, 2.45) is 0 Å². The van der Waals surface area contributed by atoms with Gasteiger partial charge < -0.3 is 9.64 Å². The Morgan fingerprint density at radius 3 is 3.00 bits per heavy atom. The molecule has 1 aliphatic heterocycles. The fourth-order valence-electron chi connectivity index (χ4n) is 0.865. The molecule has 0 aromatic rings. The van der Waals surface area contributed by atoms with Crippen LogP contribution in [0.1, 0.15) is 6.92 Å². The lowest BCUT2D eigenvalue weighted by atomic mass is 10.4. The van der Waals surface area contributed by atoms with Gasteiger partial charge in [0.05, 0.1) is 0 Å². The summed E-state index contributed by atoms with van der Waals surface area (Å²) in [5.74, 6) is 0.0347. The highest BCUT2D eigenvalue weighted by molar-refractivity contribution is 6.20. The van der Waals surface area contributed by atoms with E-state index in [1.807, 2.05) is 6.92 Å². The summed E-state index contributed by atoms with van der Waals surface area (Å²) < 4.78 is 4.89. The van der Waals surface area contributed by atoms with E-state index >= 15 is 0 Å². The SMILES string of the molecule is CC(Cl)CN1COCC1=O. The number of carbonyl (C=O) groups excluding carboxylic acids is 1. The minimum absolute atomic E-state index is 0.00523. The number of hydrogen-bond acceptors (Lipinski definition) is 2. The molecule has 0 aliphatic carbocycles. The van der Waals surface area contributed by atoms with Crippen molar-refractivity contribution < 1.29 is 9.53 Å². The highest BCUT2D eigenvalue weighted by atomic mass is 35.5. The van der Waals surface area contributed by atoms with Gasteiger partial charge in [0.2, 0.25) is 0 Å². The molecule has 0 aromatic heterocycles. The van der Waals surface area contributed by atoms with Crippen LogP contribution in [0.2, 0.25) is 0 Å². The van der Waals surface area contributed by atoms with Crippen molar-refractivity contribution in [3.8, 4) is 0 Å². The van der Waals surface area contributed by atoms with Gasteiger partial charge in [-0.2, -0.15) is 0 Å². The van der Waals surface area contributed by atoms with Crippen molar-refractivity contribution in [2.45, 2.75) is 12.3 Å². The molecule has 0 saturated carbocycles. The minimum Gasteiger partial charge on any atom is -0.351 e. The summed E-state index contributed by atoms with van der Waals surface area (Å²) in [5, 5.41) is 0.00523. The van der Waals surface area contributed by atoms with E-state index in [0.717, 1.165) is 0 Å². The summed E-state index contributed by atoms with van der Waals surface area (Å²) in [6.07, 6.45) is 0. The first-order valence-corrected chi connectivity index (χ1v) is 3.63. The molecular weight excluding hydrogens is 154 g/mol. The molecule has 3 nitrogen and oxygen atoms in total. The molecule has 0 aromatic carbocycles. The zero-order valence-electron chi connectivity index (χ0n) is 5.84. The van der Waals surface area contributed by atoms with Crippen molar-refractivity contribution in [2.75, 3.05) is 19.9 Å². The Balaban J connectivity index is 2.33. The minimum atomic E-state index is 0.00523. The molecule has 1 fully saturated rings. The van der Waals surface area contributed by atoms with Crippen molar-refractivity contribution in [1.82, 2.24) is 4.90 Å². The first-order chi connectivity index (χ1) is 4.70. The number of amides is 1. The predicted molar refractivity (Wildman–Crippen MR) is 37.8 cm³/mol. The Labute approximate surface area is 64.9 Å². The molecule has 1 heterocycles. The van der Waals surface area contributed by atoms with E-state index in [4.69, 9.17) is 16.3 Å². The van der Waals surface area contributed by atoms with Gasteiger partial charge in [-0.3, -0.25) is 4.79 Å². The molecule has 1 aliphatic rings. The maximum absolute atomic E-state index is 10.9. The summed E-state index contributed by atoms with van der Waals surface area (Å²) in [5.41, 5.74) is 0. The predicted octanol–water partition coefficient (Wildman–Crippen LogP) is 0.430. The van der Waals surface area contributed by atoms with Gasteiger partial charge in [-0.25, -0.2) is 0 Å². The number of ether oxygens (including phenoxy) is 1. The summed E-state index contributed by atoms with van der Waals surface area (Å²) in [4.78, 5) is 12.5. The molecule has 0 radical (unpaired) electrons. The Morgan fingerprint density at radius 1 is 1.90 bits per heavy atom. The summed E-state index contributed by atoms with van der Waals surface area (Å²) in [6.45, 7) is 3.05. The van der Waals surface area contributed by atoms with E-state index in [1.165, 1.54) is 0 Å². The van der Waals surface area contributed by atoms with Crippen LogP contribution < -0.4 is 0 Å². The molecule has 4 heteroatoms. The topological polar surface area (TPSA) is 29.5 Å². The van der Waals surface area contributed by atoms with Crippen LogP contribution in [0.4, 0.5) is 0 Å². The fourth-order valence-corrected chi connectivity index (χ4v) is 1.03. The standard InChI is InChI=1S/C6H10ClNO2/c1-5(7)2-8-4-10-3-6(8)9/h5H,2-4H2,1H3. The lowest BCUT2D eigenvalue weighted by molar-refractivity contribution is -0.126. The van der Waals surface area contributed by atoms with Crippen LogP contribution in [-0.2, 0) is 9.53 Å². The second-order valence-electron chi connectivity index (χ2n) is 2.37. The van der Waals surface area contributed by atoms with Gasteiger partial charge in [-0.1, -0.05) is 0 Å². The summed E-state index contributed by atoms with van der Waals surface area (Å²) in [7, 11) is 0. The summed E-state index contributed by atoms with van der Waals surface area (Å²) >= 11 is 5.67. The van der Waals surface area contributed by atoms with E-state index in [-0.39, 0.29) is 17.9 Å². The van der Waals surface area contributed by atoms with Gasteiger partial charge >= 0.3 is 0 Å². The molecule has 1 atom stereocenters. The Kier molecular flexibility index (Phi) is 2.51. The average Bonchev–Trinajstić information content (AvgIpc) is 2.15. The normalized spacial score (nSPS) is 21.8. The van der Waals surface area contributed by atoms with E-state index in [1.54, 1.807) is 4.90 Å². The van der Waals surface area contributed by atoms with Crippen molar-refractivity contribution in [3.05, 3.63) is 0 Å². The van der Waals surface area contributed by atoms with E-state index in [9.17, 15) is 4.79 Å². The van der Waals surface area contributed by atoms with Gasteiger partial charge in [0, 0.05) is 11.9 Å². The zero-order valence-corrected chi connectivity index (χ0v) is 6.60. The van der Waals surface area contributed by atoms with E-state index in [2.05, 4.69) is 0 Å². The first kappa shape index (κ1) is 7.82. The van der Waals surface area contributed by atoms with Crippen LogP contribution in [0.5, 0.6) is 0 Å². The van der Waals surface area contributed by atoms with Crippen LogP contribution in [0.3, 0.4) is 0 Å². The second kappa shape index (κ2) is 3.21. The van der Waals surface area contributed by atoms with Crippen molar-refractivity contribution >= 4 is 17.5 Å². The maximum Gasteiger partial charge on any atom is 0.250 e. The molecule has 0 N–H and O–H groups in total. The second-order valence-corrected chi connectivity index (χ2v) is 3.12. The Bertz CT molecular complexity index is 138. The fraction of sp³-hybridized carbons (Fsp3) is 0.833. The number of carbonyl (C=O) groups is 1. The monoisotopic (exact) mass is 163 g/mol. The molecule has 0 bridgehead atoms. The molecule has 1 unspecified atom stereocenters. The number of nitrogens with zero attached hydrogens (tertiary/aromatic N) is 1. The average molecular weight is 164 g/mol. The van der Waals surface area contributed by atoms with Gasteiger partial charge in [0.1, 0.15) is 13.3 Å². The number of halogens is 1. The van der Waals surface area contributed by atoms with E-state index in [0.29, 0.717) is 13.3 Å². The molecular formula is C6H10ClNO2. The third-order valence-electron chi connectivity index (χ3n) is 1.30. The van der Waals surface area contributed by atoms with Gasteiger partial charge in [-0.15, -0.1) is 11.6 Å². The smallest absolute Gasteiger partial charge is 0.250 e. The Hall–Kier alpha value is -0.280. The van der Waals surface area contributed by atoms with Crippen LogP contribution in [0, 0.1) is 0 Å². The molecule has 58 valence electrons. The van der Waals surface area contributed by atoms with Crippen LogP contribution in [0.15, 0.2) is 0 Å². The summed E-state index contributed by atoms with van der Waals surface area (Å²) in [6, 6.07) is 0. The van der Waals surface area contributed by atoms with Crippen molar-refractivity contribution in [1.29, 1.82) is 0 Å². The van der Waals surface area contributed by atoms with Gasteiger partial charge in [0.15, 0.2) is 0 Å². The first-order valence-electron chi connectivity index (χ1n) is 3.19. The number of alkyl halides is 1. The highest BCUT2D eigenvalue weighted by Gasteiger charge is 2.21. The van der Waals surface area contributed by atoms with Crippen LogP contribution >= 0.6 is 11.6 Å². The molecule has 1 amide bonds. The number of hydrogen-bond donors (Lipinski definition) is 0. The molecule has 0 spiro atoms. The third kappa shape index (κ3) is 1.85. The van der Waals surface area contributed by atoms with Crippen LogP contribution in [-0.4, -0.2) is 36.1 Å². The third-order valence-corrected chi connectivity index (χ3v) is 1.44. The van der Waals surface area contributed by atoms with Crippen LogP contribution in [0.25, 0.3) is 0 Å². The number of rotatable bonds is 2. The molecule has 1 saturated heterocycles. The van der Waals surface area contributed by atoms with Gasteiger partial charge in [-0.05, 0) is 6.92 Å². The lowest BCUT2D eigenvalue weighted by Crippen LogP contribution is -2.30. The molecule has 10 heavy (non-hydrogen) atoms. The Morgan fingerprint density at radius 2 is 2.60 bits per heavy atom. The highest BCUT2D eigenvalue weighted by Crippen LogP contribution is 2.04. The zero-order chi connectivity index (χ0) is 7.56. The molecule has 1 rings (SSSR count). The maximum atomic E-state index is 10.9. The van der Waals surface area contributed by atoms with Crippen molar-refractivity contribution in [3.63, 3.8) is 0 Å². The lowest BCUT2D eigenvalue weighted by Gasteiger charge is -2.14.